The summed E-state index contributed by atoms with van der Waals surface area (Å²) >= 11 is 0. The highest BCUT2D eigenvalue weighted by atomic mass is 16.5. The average Bonchev–Trinajstić information content (AvgIpc) is 2.92. The molecular weight excluding hydrogens is 254 g/mol. The Bertz CT molecular complexity index is 472. The second-order valence-corrected chi connectivity index (χ2v) is 5.22. The van der Waals surface area contributed by atoms with Crippen LogP contribution in [0.4, 0.5) is 5.69 Å². The third-order valence-corrected chi connectivity index (χ3v) is 3.88. The average molecular weight is 275 g/mol. The lowest BCUT2D eigenvalue weighted by atomic mass is 10.2. The van der Waals surface area contributed by atoms with Gasteiger partial charge in [-0.2, -0.15) is 0 Å². The van der Waals surface area contributed by atoms with Crippen molar-refractivity contribution in [3.63, 3.8) is 0 Å². The summed E-state index contributed by atoms with van der Waals surface area (Å²) in [5.41, 5.74) is 2.70. The first kappa shape index (κ1) is 13.4. The van der Waals surface area contributed by atoms with Crippen molar-refractivity contribution in [3.8, 4) is 0 Å². The van der Waals surface area contributed by atoms with E-state index < -0.39 is 0 Å². The number of hydrogen-bond acceptors (Lipinski definition) is 4. The van der Waals surface area contributed by atoms with E-state index in [1.165, 1.54) is 11.3 Å². The summed E-state index contributed by atoms with van der Waals surface area (Å²) < 4.78 is 5.43. The molecule has 1 aromatic rings. The summed E-state index contributed by atoms with van der Waals surface area (Å²) in [5, 5.41) is 6.13. The Morgan fingerprint density at radius 2 is 2.35 bits per heavy atom. The van der Waals surface area contributed by atoms with Crippen LogP contribution in [-0.2, 0) is 16.0 Å². The van der Waals surface area contributed by atoms with Gasteiger partial charge in [0.15, 0.2) is 0 Å². The van der Waals surface area contributed by atoms with Gasteiger partial charge >= 0.3 is 0 Å². The molecule has 108 valence electrons. The van der Waals surface area contributed by atoms with E-state index in [0.717, 1.165) is 26.1 Å². The standard InChI is InChI=1S/C15H21N3O2/c19-15(14-11-16-7-10-20-14)17-6-9-18-8-5-12-3-1-2-4-13(12)18/h1-4,14,16H,5-11H2,(H,17,19)/t14-/m0/s1. The number of nitrogens with zero attached hydrogens (tertiary/aromatic N) is 1. The fourth-order valence-electron chi connectivity index (χ4n) is 2.80. The van der Waals surface area contributed by atoms with Gasteiger partial charge in [0.2, 0.25) is 0 Å². The third-order valence-electron chi connectivity index (χ3n) is 3.88. The molecular formula is C15H21N3O2. The van der Waals surface area contributed by atoms with Crippen molar-refractivity contribution in [2.24, 2.45) is 0 Å². The van der Waals surface area contributed by atoms with Crippen LogP contribution in [0.15, 0.2) is 24.3 Å². The van der Waals surface area contributed by atoms with E-state index in [2.05, 4.69) is 39.8 Å². The smallest absolute Gasteiger partial charge is 0.250 e. The van der Waals surface area contributed by atoms with Crippen molar-refractivity contribution >= 4 is 11.6 Å². The van der Waals surface area contributed by atoms with Crippen LogP contribution in [0.3, 0.4) is 0 Å². The Morgan fingerprint density at radius 1 is 1.45 bits per heavy atom. The lowest BCUT2D eigenvalue weighted by Gasteiger charge is -2.24. The summed E-state index contributed by atoms with van der Waals surface area (Å²) in [6, 6.07) is 8.47. The molecule has 5 nitrogen and oxygen atoms in total. The number of hydrogen-bond donors (Lipinski definition) is 2. The van der Waals surface area contributed by atoms with E-state index in [9.17, 15) is 4.79 Å². The van der Waals surface area contributed by atoms with Gasteiger partial charge in [-0.25, -0.2) is 0 Å². The normalized spacial score (nSPS) is 21.6. The zero-order chi connectivity index (χ0) is 13.8. The molecule has 0 spiro atoms. The lowest BCUT2D eigenvalue weighted by molar-refractivity contribution is -0.134. The summed E-state index contributed by atoms with van der Waals surface area (Å²) in [7, 11) is 0. The van der Waals surface area contributed by atoms with Crippen LogP contribution in [0.2, 0.25) is 0 Å². The number of anilines is 1. The monoisotopic (exact) mass is 275 g/mol. The SMILES string of the molecule is O=C(NCCN1CCc2ccccc21)[C@@H]1CNCCO1. The first-order chi connectivity index (χ1) is 9.84. The third kappa shape index (κ3) is 2.94. The highest BCUT2D eigenvalue weighted by molar-refractivity contribution is 5.81. The van der Waals surface area contributed by atoms with Gasteiger partial charge in [0.1, 0.15) is 6.10 Å². The first-order valence-electron chi connectivity index (χ1n) is 7.27. The minimum absolute atomic E-state index is 0.00955. The van der Waals surface area contributed by atoms with Gasteiger partial charge in [0.25, 0.3) is 5.91 Å². The number of para-hydroxylation sites is 1. The lowest BCUT2D eigenvalue weighted by Crippen LogP contribution is -2.49. The van der Waals surface area contributed by atoms with E-state index in [-0.39, 0.29) is 12.0 Å². The predicted octanol–water partition coefficient (Wildman–Crippen LogP) is 0.154. The molecule has 0 aliphatic carbocycles. The number of morpholine rings is 1. The number of benzene rings is 1. The highest BCUT2D eigenvalue weighted by Gasteiger charge is 2.22. The molecule has 1 aromatic carbocycles. The van der Waals surface area contributed by atoms with E-state index >= 15 is 0 Å². The van der Waals surface area contributed by atoms with Crippen molar-refractivity contribution < 1.29 is 9.53 Å². The zero-order valence-corrected chi connectivity index (χ0v) is 11.6. The second-order valence-electron chi connectivity index (χ2n) is 5.22. The van der Waals surface area contributed by atoms with Crippen LogP contribution in [0.5, 0.6) is 0 Å². The van der Waals surface area contributed by atoms with Crippen LogP contribution in [0.25, 0.3) is 0 Å². The molecule has 2 aliphatic heterocycles. The van der Waals surface area contributed by atoms with Crippen LogP contribution < -0.4 is 15.5 Å². The molecule has 2 heterocycles. The van der Waals surface area contributed by atoms with E-state index in [0.29, 0.717) is 19.7 Å². The number of carbonyl (C=O) groups excluding carboxylic acids is 1. The molecule has 1 fully saturated rings. The molecule has 0 aromatic heterocycles. The van der Waals surface area contributed by atoms with Crippen molar-refractivity contribution in [1.29, 1.82) is 0 Å². The first-order valence-corrected chi connectivity index (χ1v) is 7.27. The van der Waals surface area contributed by atoms with Crippen molar-refractivity contribution in [2.75, 3.05) is 44.2 Å². The summed E-state index contributed by atoms with van der Waals surface area (Å²) in [6.07, 6.45) is 0.759. The molecule has 1 atom stereocenters. The molecule has 2 aliphatic rings. The van der Waals surface area contributed by atoms with Gasteiger partial charge in [0, 0.05) is 38.4 Å². The molecule has 3 rings (SSSR count). The maximum atomic E-state index is 11.9. The highest BCUT2D eigenvalue weighted by Crippen LogP contribution is 2.26. The second kappa shape index (κ2) is 6.24. The van der Waals surface area contributed by atoms with Crippen LogP contribution >= 0.6 is 0 Å². The van der Waals surface area contributed by atoms with E-state index in [1.54, 1.807) is 0 Å². The van der Waals surface area contributed by atoms with Gasteiger partial charge in [-0.1, -0.05) is 18.2 Å². The Morgan fingerprint density at radius 3 is 3.20 bits per heavy atom. The van der Waals surface area contributed by atoms with Crippen LogP contribution in [0, 0.1) is 0 Å². The number of nitrogens with one attached hydrogen (secondary N) is 2. The topological polar surface area (TPSA) is 53.6 Å². The van der Waals surface area contributed by atoms with Crippen LogP contribution in [0.1, 0.15) is 5.56 Å². The fraction of sp³-hybridized carbons (Fsp3) is 0.533. The number of ether oxygens (including phenoxy) is 1. The Hall–Kier alpha value is -1.59. The Balaban J connectivity index is 1.45. The molecule has 1 saturated heterocycles. The number of carbonyl (C=O) groups is 1. The number of amides is 1. The van der Waals surface area contributed by atoms with Gasteiger partial charge in [-0.05, 0) is 18.1 Å². The van der Waals surface area contributed by atoms with Gasteiger partial charge in [-0.15, -0.1) is 0 Å². The van der Waals surface area contributed by atoms with Gasteiger partial charge in [0.05, 0.1) is 6.61 Å². The largest absolute Gasteiger partial charge is 0.369 e. The Labute approximate surface area is 119 Å². The van der Waals surface area contributed by atoms with Gasteiger partial charge < -0.3 is 20.3 Å². The number of fused-ring (bicyclic) bond motifs is 1. The predicted molar refractivity (Wildman–Crippen MR) is 78.0 cm³/mol. The number of rotatable bonds is 4. The molecule has 0 unspecified atom stereocenters. The Kier molecular flexibility index (Phi) is 4.18. The molecule has 5 heteroatoms. The summed E-state index contributed by atoms with van der Waals surface area (Å²) in [5.74, 6) is -0.00955. The molecule has 0 saturated carbocycles. The quantitative estimate of drug-likeness (QED) is 0.821. The zero-order valence-electron chi connectivity index (χ0n) is 11.6. The van der Waals surface area contributed by atoms with E-state index in [4.69, 9.17) is 4.74 Å². The molecule has 2 N–H and O–H groups in total. The minimum Gasteiger partial charge on any atom is -0.369 e. The molecule has 0 bridgehead atoms. The minimum atomic E-state index is -0.338. The van der Waals surface area contributed by atoms with Crippen molar-refractivity contribution in [3.05, 3.63) is 29.8 Å². The molecule has 0 radical (unpaired) electrons. The van der Waals surface area contributed by atoms with E-state index in [1.807, 2.05) is 0 Å². The maximum absolute atomic E-state index is 11.9. The molecule has 1 amide bonds. The van der Waals surface area contributed by atoms with Crippen molar-refractivity contribution in [2.45, 2.75) is 12.5 Å². The summed E-state index contributed by atoms with van der Waals surface area (Å²) in [6.45, 7) is 4.59. The molecule has 20 heavy (non-hydrogen) atoms. The maximum Gasteiger partial charge on any atom is 0.250 e. The summed E-state index contributed by atoms with van der Waals surface area (Å²) in [4.78, 5) is 14.3. The van der Waals surface area contributed by atoms with Crippen molar-refractivity contribution in [1.82, 2.24) is 10.6 Å². The fourth-order valence-corrected chi connectivity index (χ4v) is 2.80. The van der Waals surface area contributed by atoms with Crippen LogP contribution in [-0.4, -0.2) is 51.3 Å². The van der Waals surface area contributed by atoms with Gasteiger partial charge in [-0.3, -0.25) is 4.79 Å².